The van der Waals surface area contributed by atoms with Gasteiger partial charge in [-0.15, -0.1) is 11.8 Å². The summed E-state index contributed by atoms with van der Waals surface area (Å²) in [6.07, 6.45) is 7.23. The highest BCUT2D eigenvalue weighted by molar-refractivity contribution is 8.00. The number of nitrogens with one attached hydrogen (secondary N) is 1. The maximum Gasteiger partial charge on any atom is 0.352 e. The second-order valence-electron chi connectivity index (χ2n) is 4.97. The molecule has 2 atom stereocenters. The van der Waals surface area contributed by atoms with E-state index in [2.05, 4.69) is 10.3 Å². The zero-order valence-corrected chi connectivity index (χ0v) is 12.7. The van der Waals surface area contributed by atoms with Gasteiger partial charge in [0.15, 0.2) is 0 Å². The molecule has 0 radical (unpaired) electrons. The fraction of sp³-hybridized carbons (Fsp3) is 0.200. The highest BCUT2D eigenvalue weighted by Gasteiger charge is 2.53. The number of nitrogens with zero attached hydrogens (tertiary/aromatic N) is 2. The predicted molar refractivity (Wildman–Crippen MR) is 84.0 cm³/mol. The van der Waals surface area contributed by atoms with Crippen molar-refractivity contribution in [2.75, 3.05) is 5.75 Å². The molecule has 2 N–H and O–H groups in total. The molecule has 3 rings (SSSR count). The SMILES string of the molecule is O=CNC1C(=O)N2C(C(=O)O)=C(/C=C/c3cccnc3)CS[C@H]12. The number of aromatic nitrogens is 1. The molecule has 1 aromatic heterocycles. The third-order valence-corrected chi connectivity index (χ3v) is 4.91. The fourth-order valence-electron chi connectivity index (χ4n) is 2.54. The summed E-state index contributed by atoms with van der Waals surface area (Å²) in [4.78, 5) is 39.4. The van der Waals surface area contributed by atoms with E-state index in [4.69, 9.17) is 0 Å². The van der Waals surface area contributed by atoms with E-state index >= 15 is 0 Å². The Hall–Kier alpha value is -2.61. The number of carboxylic acids is 1. The number of carbonyl (C=O) groups excluding carboxylic acids is 2. The first-order valence-electron chi connectivity index (χ1n) is 6.82. The number of aliphatic carboxylic acids is 1. The Morgan fingerprint density at radius 1 is 1.48 bits per heavy atom. The number of allylic oxidation sites excluding steroid dienone is 1. The number of hydrogen-bond acceptors (Lipinski definition) is 5. The van der Waals surface area contributed by atoms with Gasteiger partial charge in [0.25, 0.3) is 5.91 Å². The van der Waals surface area contributed by atoms with E-state index in [1.54, 1.807) is 30.6 Å². The second-order valence-corrected chi connectivity index (χ2v) is 6.08. The highest BCUT2D eigenvalue weighted by atomic mass is 32.2. The van der Waals surface area contributed by atoms with E-state index in [9.17, 15) is 19.5 Å². The number of carboxylic acid groups (broad SMARTS) is 1. The minimum Gasteiger partial charge on any atom is -0.477 e. The average Bonchev–Trinajstić information content (AvgIpc) is 2.57. The molecule has 2 aliphatic heterocycles. The zero-order chi connectivity index (χ0) is 16.4. The van der Waals surface area contributed by atoms with Gasteiger partial charge in [-0.25, -0.2) is 4.79 Å². The van der Waals surface area contributed by atoms with Crippen LogP contribution in [0.1, 0.15) is 5.56 Å². The van der Waals surface area contributed by atoms with Crippen molar-refractivity contribution in [2.24, 2.45) is 0 Å². The van der Waals surface area contributed by atoms with Crippen molar-refractivity contribution in [1.82, 2.24) is 15.2 Å². The lowest BCUT2D eigenvalue weighted by atomic mass is 10.0. The molecule has 0 spiro atoms. The number of β-lactam (4-membered cyclic amide) rings is 1. The first kappa shape index (κ1) is 15.3. The molecule has 23 heavy (non-hydrogen) atoms. The molecule has 0 aromatic carbocycles. The summed E-state index contributed by atoms with van der Waals surface area (Å²) in [5, 5.41) is 11.5. The van der Waals surface area contributed by atoms with E-state index in [-0.39, 0.29) is 11.1 Å². The summed E-state index contributed by atoms with van der Waals surface area (Å²) < 4.78 is 0. The Balaban J connectivity index is 1.89. The molecule has 118 valence electrons. The predicted octanol–water partition coefficient (Wildman–Crippen LogP) is 0.463. The Labute approximate surface area is 136 Å². The third-order valence-electron chi connectivity index (χ3n) is 3.61. The monoisotopic (exact) mass is 331 g/mol. The highest BCUT2D eigenvalue weighted by Crippen LogP contribution is 2.40. The molecule has 8 heteroatoms. The number of fused-ring (bicyclic) bond motifs is 1. The Kier molecular flexibility index (Phi) is 4.16. The lowest BCUT2D eigenvalue weighted by Crippen LogP contribution is -2.69. The van der Waals surface area contributed by atoms with Crippen LogP contribution in [0.15, 0.2) is 41.9 Å². The van der Waals surface area contributed by atoms with Gasteiger partial charge >= 0.3 is 5.97 Å². The smallest absolute Gasteiger partial charge is 0.352 e. The van der Waals surface area contributed by atoms with E-state index in [0.29, 0.717) is 17.7 Å². The Morgan fingerprint density at radius 3 is 2.96 bits per heavy atom. The molecular formula is C15H13N3O4S. The van der Waals surface area contributed by atoms with Crippen LogP contribution in [0.4, 0.5) is 0 Å². The summed E-state index contributed by atoms with van der Waals surface area (Å²) in [5.74, 6) is -1.11. The minimum atomic E-state index is -1.15. The molecule has 0 bridgehead atoms. The van der Waals surface area contributed by atoms with Crippen molar-refractivity contribution in [1.29, 1.82) is 0 Å². The van der Waals surface area contributed by atoms with Gasteiger partial charge in [-0.1, -0.05) is 18.2 Å². The number of amides is 2. The molecule has 2 amide bonds. The lowest BCUT2D eigenvalue weighted by molar-refractivity contribution is -0.149. The van der Waals surface area contributed by atoms with Crippen LogP contribution < -0.4 is 5.32 Å². The molecule has 1 saturated heterocycles. The van der Waals surface area contributed by atoms with Gasteiger partial charge in [0, 0.05) is 18.1 Å². The topological polar surface area (TPSA) is 99.6 Å². The third kappa shape index (κ3) is 2.72. The summed E-state index contributed by atoms with van der Waals surface area (Å²) in [6.45, 7) is 0. The maximum atomic E-state index is 12.1. The van der Waals surface area contributed by atoms with Crippen molar-refractivity contribution >= 4 is 36.1 Å². The Bertz CT molecular complexity index is 717. The van der Waals surface area contributed by atoms with Gasteiger partial charge in [-0.05, 0) is 17.2 Å². The van der Waals surface area contributed by atoms with Crippen LogP contribution in [0.2, 0.25) is 0 Å². The van der Waals surface area contributed by atoms with Crippen LogP contribution in [0.25, 0.3) is 6.08 Å². The zero-order valence-electron chi connectivity index (χ0n) is 11.9. The van der Waals surface area contributed by atoms with Crippen molar-refractivity contribution in [3.05, 3.63) is 47.4 Å². The van der Waals surface area contributed by atoms with Gasteiger partial charge in [0.05, 0.1) is 0 Å². The molecule has 0 aliphatic carbocycles. The molecule has 1 unspecified atom stereocenters. The van der Waals surface area contributed by atoms with Crippen molar-refractivity contribution in [3.63, 3.8) is 0 Å². The van der Waals surface area contributed by atoms with Crippen LogP contribution >= 0.6 is 11.8 Å². The maximum absolute atomic E-state index is 12.1. The number of hydrogen-bond donors (Lipinski definition) is 2. The quantitative estimate of drug-likeness (QED) is 0.601. The van der Waals surface area contributed by atoms with Gasteiger partial charge < -0.3 is 10.4 Å². The van der Waals surface area contributed by atoms with Gasteiger partial charge in [0.1, 0.15) is 17.1 Å². The van der Waals surface area contributed by atoms with E-state index in [0.717, 1.165) is 5.56 Å². The lowest BCUT2D eigenvalue weighted by Gasteiger charge is -2.48. The summed E-state index contributed by atoms with van der Waals surface area (Å²) in [6, 6.07) is 2.98. The molecule has 0 saturated carbocycles. The van der Waals surface area contributed by atoms with E-state index in [1.165, 1.54) is 16.7 Å². The standard InChI is InChI=1S/C15H13N3O4S/c19-8-17-11-13(20)18-12(15(21)22)10(7-23-14(11)18)4-3-9-2-1-5-16-6-9/h1-6,8,11,14H,7H2,(H,17,19)(H,21,22)/b4-3+/t11?,14-/m1/s1. The molecule has 3 heterocycles. The minimum absolute atomic E-state index is 0.0251. The summed E-state index contributed by atoms with van der Waals surface area (Å²) in [5.41, 5.74) is 1.37. The normalized spacial score (nSPS) is 23.5. The van der Waals surface area contributed by atoms with Crippen LogP contribution in [-0.2, 0) is 14.4 Å². The summed E-state index contributed by atoms with van der Waals surface area (Å²) in [7, 11) is 0. The van der Waals surface area contributed by atoms with E-state index < -0.39 is 17.9 Å². The number of pyridine rings is 1. The fourth-order valence-corrected chi connectivity index (χ4v) is 3.87. The van der Waals surface area contributed by atoms with Crippen LogP contribution in [-0.4, -0.2) is 50.4 Å². The van der Waals surface area contributed by atoms with Crippen LogP contribution in [0, 0.1) is 0 Å². The molecule has 1 aromatic rings. The first-order valence-corrected chi connectivity index (χ1v) is 7.87. The molecular weight excluding hydrogens is 318 g/mol. The van der Waals surface area contributed by atoms with Crippen molar-refractivity contribution in [2.45, 2.75) is 11.4 Å². The number of rotatable bonds is 5. The Morgan fingerprint density at radius 2 is 2.30 bits per heavy atom. The van der Waals surface area contributed by atoms with Crippen LogP contribution in [0.3, 0.4) is 0 Å². The van der Waals surface area contributed by atoms with Crippen molar-refractivity contribution in [3.8, 4) is 0 Å². The number of thioether (sulfide) groups is 1. The second kappa shape index (κ2) is 6.25. The van der Waals surface area contributed by atoms with Gasteiger partial charge in [-0.3, -0.25) is 19.5 Å². The number of carbonyl (C=O) groups is 3. The van der Waals surface area contributed by atoms with E-state index in [1.807, 2.05) is 6.07 Å². The largest absolute Gasteiger partial charge is 0.477 e. The van der Waals surface area contributed by atoms with Gasteiger partial charge in [-0.2, -0.15) is 0 Å². The molecule has 1 fully saturated rings. The van der Waals surface area contributed by atoms with Crippen LogP contribution in [0.5, 0.6) is 0 Å². The average molecular weight is 331 g/mol. The first-order chi connectivity index (χ1) is 11.1. The van der Waals surface area contributed by atoms with Crippen molar-refractivity contribution < 1.29 is 19.5 Å². The molecule has 2 aliphatic rings. The van der Waals surface area contributed by atoms with Gasteiger partial charge in [0.2, 0.25) is 6.41 Å². The summed E-state index contributed by atoms with van der Waals surface area (Å²) >= 11 is 1.42. The molecule has 7 nitrogen and oxygen atoms in total.